The van der Waals surface area contributed by atoms with E-state index in [1.807, 2.05) is 31.2 Å². The van der Waals surface area contributed by atoms with E-state index in [2.05, 4.69) is 9.55 Å². The van der Waals surface area contributed by atoms with Gasteiger partial charge in [-0.25, -0.2) is 13.4 Å². The molecule has 9 heteroatoms. The number of para-hydroxylation sites is 2. The maximum atomic E-state index is 12.9. The zero-order chi connectivity index (χ0) is 20.8. The maximum Gasteiger partial charge on any atom is 0.227 e. The molecule has 3 unspecified atom stereocenters. The fraction of sp³-hybridized carbons (Fsp3) is 0.300. The number of hydrogen-bond donors (Lipinski definition) is 2. The van der Waals surface area contributed by atoms with Crippen LogP contribution in [0.25, 0.3) is 11.0 Å². The van der Waals surface area contributed by atoms with Gasteiger partial charge in [-0.3, -0.25) is 4.79 Å². The van der Waals surface area contributed by atoms with Crippen molar-refractivity contribution in [3.8, 4) is 0 Å². The van der Waals surface area contributed by atoms with Crippen molar-refractivity contribution in [1.29, 1.82) is 0 Å². The molecule has 0 saturated carbocycles. The molecule has 29 heavy (non-hydrogen) atoms. The number of aliphatic hydroxyl groups is 1. The summed E-state index contributed by atoms with van der Waals surface area (Å²) in [5, 5.41) is 8.54. The summed E-state index contributed by atoms with van der Waals surface area (Å²) in [5.74, 6) is -1.33. The van der Waals surface area contributed by atoms with E-state index < -0.39 is 33.2 Å². The van der Waals surface area contributed by atoms with Gasteiger partial charge in [0.1, 0.15) is 17.0 Å². The van der Waals surface area contributed by atoms with Crippen LogP contribution in [0.5, 0.6) is 0 Å². The third-order valence-electron chi connectivity index (χ3n) is 5.30. The third-order valence-corrected chi connectivity index (χ3v) is 7.46. The first kappa shape index (κ1) is 19.6. The number of carbonyl (C=O) groups is 1. The van der Waals surface area contributed by atoms with Crippen LogP contribution in [-0.2, 0) is 25.9 Å². The lowest BCUT2D eigenvalue weighted by Crippen LogP contribution is -2.40. The summed E-state index contributed by atoms with van der Waals surface area (Å²) in [7, 11) is -3.89. The van der Waals surface area contributed by atoms with Crippen LogP contribution in [0.2, 0.25) is 0 Å². The molecule has 2 heterocycles. The number of ether oxygens (including phenoxy) is 1. The van der Waals surface area contributed by atoms with Crippen LogP contribution in [0.4, 0.5) is 0 Å². The molecule has 2 aromatic carbocycles. The first-order valence-corrected chi connectivity index (χ1v) is 10.7. The van der Waals surface area contributed by atoms with Gasteiger partial charge in [0, 0.05) is 6.54 Å². The highest BCUT2D eigenvalue weighted by Crippen LogP contribution is 2.30. The highest BCUT2D eigenvalue weighted by Gasteiger charge is 2.47. The minimum Gasteiger partial charge on any atom is -0.369 e. The summed E-state index contributed by atoms with van der Waals surface area (Å²) in [6.07, 6.45) is -1.51. The van der Waals surface area contributed by atoms with E-state index in [0.717, 1.165) is 22.4 Å². The van der Waals surface area contributed by atoms with Gasteiger partial charge in [0.15, 0.2) is 16.1 Å². The SMILES string of the molecule is Cc1nc2ccccc2n1Cc1ccc(S(=O)(=O)C2COC(O)C2C(N)=O)cc1. The number of nitrogens with zero attached hydrogens (tertiary/aromatic N) is 2. The first-order chi connectivity index (χ1) is 13.8. The van der Waals surface area contributed by atoms with E-state index in [-0.39, 0.29) is 11.5 Å². The Labute approximate surface area is 167 Å². The van der Waals surface area contributed by atoms with Crippen molar-refractivity contribution in [3.05, 3.63) is 59.9 Å². The van der Waals surface area contributed by atoms with Crippen LogP contribution >= 0.6 is 0 Å². The Morgan fingerprint density at radius 1 is 1.24 bits per heavy atom. The number of sulfone groups is 1. The second kappa shape index (κ2) is 7.25. The van der Waals surface area contributed by atoms with Gasteiger partial charge < -0.3 is 20.1 Å². The summed E-state index contributed by atoms with van der Waals surface area (Å²) in [5.41, 5.74) is 8.07. The number of aryl methyl sites for hydroxylation is 1. The monoisotopic (exact) mass is 415 g/mol. The van der Waals surface area contributed by atoms with Gasteiger partial charge in [-0.15, -0.1) is 0 Å². The molecule has 3 aromatic rings. The van der Waals surface area contributed by atoms with Crippen molar-refractivity contribution in [1.82, 2.24) is 9.55 Å². The van der Waals surface area contributed by atoms with Crippen LogP contribution in [0, 0.1) is 12.8 Å². The van der Waals surface area contributed by atoms with Crippen LogP contribution in [0.1, 0.15) is 11.4 Å². The number of benzene rings is 2. The molecule has 0 bridgehead atoms. The second-order valence-corrected chi connectivity index (χ2v) is 9.28. The third kappa shape index (κ3) is 3.41. The fourth-order valence-electron chi connectivity index (χ4n) is 3.73. The molecule has 1 saturated heterocycles. The van der Waals surface area contributed by atoms with E-state index in [1.54, 1.807) is 12.1 Å². The van der Waals surface area contributed by atoms with Gasteiger partial charge in [-0.05, 0) is 36.8 Å². The van der Waals surface area contributed by atoms with Gasteiger partial charge >= 0.3 is 0 Å². The second-order valence-electron chi connectivity index (χ2n) is 7.11. The lowest BCUT2D eigenvalue weighted by atomic mass is 10.1. The minimum absolute atomic E-state index is 0.0578. The van der Waals surface area contributed by atoms with Crippen molar-refractivity contribution < 1.29 is 23.1 Å². The number of amides is 1. The lowest BCUT2D eigenvalue weighted by Gasteiger charge is -2.17. The normalized spacial score (nSPS) is 22.2. The van der Waals surface area contributed by atoms with Gasteiger partial charge in [-0.2, -0.15) is 0 Å². The lowest BCUT2D eigenvalue weighted by molar-refractivity contribution is -0.133. The summed E-state index contributed by atoms with van der Waals surface area (Å²) >= 11 is 0. The number of aromatic nitrogens is 2. The van der Waals surface area contributed by atoms with Crippen LogP contribution in [-0.4, -0.2) is 47.1 Å². The molecule has 0 radical (unpaired) electrons. The van der Waals surface area contributed by atoms with Crippen molar-refractivity contribution in [2.24, 2.45) is 11.7 Å². The standard InChI is InChI=1S/C20H21N3O5S/c1-12-22-15-4-2-3-5-16(15)23(12)10-13-6-8-14(9-7-13)29(26,27)17-11-28-20(25)18(17)19(21)24/h2-9,17-18,20,25H,10-11H2,1H3,(H2,21,24). The molecule has 152 valence electrons. The highest BCUT2D eigenvalue weighted by molar-refractivity contribution is 7.92. The number of fused-ring (bicyclic) bond motifs is 1. The van der Waals surface area contributed by atoms with Crippen molar-refractivity contribution in [3.63, 3.8) is 0 Å². The zero-order valence-electron chi connectivity index (χ0n) is 15.7. The summed E-state index contributed by atoms with van der Waals surface area (Å²) in [6, 6.07) is 14.3. The topological polar surface area (TPSA) is 125 Å². The summed E-state index contributed by atoms with van der Waals surface area (Å²) in [4.78, 5) is 16.2. The fourth-order valence-corrected chi connectivity index (χ4v) is 5.51. The van der Waals surface area contributed by atoms with Gasteiger partial charge in [0.25, 0.3) is 0 Å². The molecule has 0 spiro atoms. The Hall–Kier alpha value is -2.75. The highest BCUT2D eigenvalue weighted by atomic mass is 32.2. The van der Waals surface area contributed by atoms with Gasteiger partial charge in [-0.1, -0.05) is 24.3 Å². The molecule has 8 nitrogen and oxygen atoms in total. The Morgan fingerprint density at radius 2 is 1.93 bits per heavy atom. The number of carbonyl (C=O) groups excluding carboxylic acids is 1. The Morgan fingerprint density at radius 3 is 2.62 bits per heavy atom. The minimum atomic E-state index is -3.89. The Kier molecular flexibility index (Phi) is 4.89. The van der Waals surface area contributed by atoms with Crippen molar-refractivity contribution in [2.75, 3.05) is 6.61 Å². The molecule has 3 atom stereocenters. The smallest absolute Gasteiger partial charge is 0.227 e. The van der Waals surface area contributed by atoms with E-state index in [0.29, 0.717) is 6.54 Å². The molecule has 1 amide bonds. The average Bonchev–Trinajstić information content (AvgIpc) is 3.23. The molecule has 1 aliphatic rings. The van der Waals surface area contributed by atoms with E-state index in [9.17, 15) is 18.3 Å². The quantitative estimate of drug-likeness (QED) is 0.640. The number of aliphatic hydroxyl groups excluding tert-OH is 1. The molecule has 4 rings (SSSR count). The summed E-state index contributed by atoms with van der Waals surface area (Å²) in [6.45, 7) is 2.19. The van der Waals surface area contributed by atoms with Gasteiger partial charge in [0.2, 0.25) is 5.91 Å². The Bertz CT molecular complexity index is 1170. The number of rotatable bonds is 5. The number of primary amides is 1. The van der Waals surface area contributed by atoms with Crippen LogP contribution in [0.15, 0.2) is 53.4 Å². The number of hydrogen-bond acceptors (Lipinski definition) is 6. The van der Waals surface area contributed by atoms with Crippen molar-refractivity contribution >= 4 is 26.8 Å². The van der Waals surface area contributed by atoms with E-state index in [4.69, 9.17) is 10.5 Å². The van der Waals surface area contributed by atoms with Crippen LogP contribution in [0.3, 0.4) is 0 Å². The van der Waals surface area contributed by atoms with E-state index in [1.165, 1.54) is 12.1 Å². The predicted molar refractivity (Wildman–Crippen MR) is 106 cm³/mol. The maximum absolute atomic E-state index is 12.9. The molecule has 1 fully saturated rings. The Balaban J connectivity index is 1.61. The largest absolute Gasteiger partial charge is 0.369 e. The molecular weight excluding hydrogens is 394 g/mol. The van der Waals surface area contributed by atoms with Crippen LogP contribution < -0.4 is 5.73 Å². The average molecular weight is 415 g/mol. The number of imidazole rings is 1. The van der Waals surface area contributed by atoms with Crippen molar-refractivity contribution in [2.45, 2.75) is 29.9 Å². The molecule has 3 N–H and O–H groups in total. The predicted octanol–water partition coefficient (Wildman–Crippen LogP) is 0.985. The van der Waals surface area contributed by atoms with Gasteiger partial charge in [0.05, 0.1) is 22.5 Å². The summed E-state index contributed by atoms with van der Waals surface area (Å²) < 4.78 is 32.9. The van der Waals surface area contributed by atoms with E-state index >= 15 is 0 Å². The number of nitrogens with two attached hydrogens (primary N) is 1. The molecule has 1 aromatic heterocycles. The molecule has 0 aliphatic carbocycles. The zero-order valence-corrected chi connectivity index (χ0v) is 16.5. The molecule has 1 aliphatic heterocycles. The molecular formula is C20H21N3O5S. The first-order valence-electron chi connectivity index (χ1n) is 9.13.